The summed E-state index contributed by atoms with van der Waals surface area (Å²) in [6.45, 7) is 2.97. The van der Waals surface area contributed by atoms with Crippen molar-refractivity contribution in [3.8, 4) is 0 Å². The van der Waals surface area contributed by atoms with Crippen LogP contribution in [0.15, 0.2) is 28.8 Å². The molecule has 0 bridgehead atoms. The molecule has 1 atom stereocenters. The highest BCUT2D eigenvalue weighted by Crippen LogP contribution is 2.29. The van der Waals surface area contributed by atoms with Crippen molar-refractivity contribution in [2.75, 3.05) is 6.54 Å². The molecule has 0 spiro atoms. The van der Waals surface area contributed by atoms with E-state index in [4.69, 9.17) is 21.1 Å². The van der Waals surface area contributed by atoms with Crippen LogP contribution in [0, 0.1) is 0 Å². The summed E-state index contributed by atoms with van der Waals surface area (Å²) in [4.78, 5) is 0. The molecule has 2 aromatic rings. The third-order valence-corrected chi connectivity index (χ3v) is 4.37. The molecule has 0 aliphatic heterocycles. The summed E-state index contributed by atoms with van der Waals surface area (Å²) in [5.41, 5.74) is 1.10. The van der Waals surface area contributed by atoms with Gasteiger partial charge in [0, 0.05) is 12.6 Å². The predicted molar refractivity (Wildman–Crippen MR) is 83.6 cm³/mol. The molecular formula is C16H22ClN3O. The molecule has 0 saturated heterocycles. The van der Waals surface area contributed by atoms with Crippen molar-refractivity contribution in [2.24, 2.45) is 0 Å². The second-order valence-corrected chi connectivity index (χ2v) is 6.05. The van der Waals surface area contributed by atoms with Gasteiger partial charge in [-0.15, -0.1) is 0 Å². The number of hydrogen-bond donors (Lipinski definition) is 1. The minimum Gasteiger partial charge on any atom is -0.448 e. The van der Waals surface area contributed by atoms with Gasteiger partial charge in [0.1, 0.15) is 5.76 Å². The lowest BCUT2D eigenvalue weighted by molar-refractivity contribution is 0.410. The number of furan rings is 1. The number of nitrogens with one attached hydrogen (secondary N) is 1. The fourth-order valence-corrected chi connectivity index (χ4v) is 3.25. The maximum atomic E-state index is 5.88. The molecule has 1 fully saturated rings. The van der Waals surface area contributed by atoms with E-state index in [2.05, 4.69) is 29.2 Å². The molecule has 1 unspecified atom stereocenters. The van der Waals surface area contributed by atoms with E-state index in [0.717, 1.165) is 24.4 Å². The van der Waals surface area contributed by atoms with E-state index >= 15 is 0 Å². The van der Waals surface area contributed by atoms with Crippen LogP contribution < -0.4 is 5.32 Å². The molecule has 3 rings (SSSR count). The number of likely N-dealkylation sites (N-methyl/N-ethyl adjacent to an activating group) is 1. The average Bonchev–Trinajstić information content (AvgIpc) is 3.18. The van der Waals surface area contributed by atoms with Gasteiger partial charge >= 0.3 is 0 Å². The van der Waals surface area contributed by atoms with Crippen LogP contribution in [-0.4, -0.2) is 16.3 Å². The van der Waals surface area contributed by atoms with E-state index in [-0.39, 0.29) is 6.04 Å². The Labute approximate surface area is 130 Å². The highest BCUT2D eigenvalue weighted by atomic mass is 35.5. The first-order valence-corrected chi connectivity index (χ1v) is 8.16. The van der Waals surface area contributed by atoms with Gasteiger partial charge in [-0.1, -0.05) is 19.8 Å². The second kappa shape index (κ2) is 6.67. The smallest absolute Gasteiger partial charge is 0.193 e. The van der Waals surface area contributed by atoms with E-state index in [1.165, 1.54) is 25.7 Å². The number of hydrogen-bond acceptors (Lipinski definition) is 3. The summed E-state index contributed by atoms with van der Waals surface area (Å²) in [7, 11) is 0. The Bertz CT molecular complexity index is 572. The summed E-state index contributed by atoms with van der Waals surface area (Å²) < 4.78 is 7.68. The van der Waals surface area contributed by atoms with Crippen LogP contribution in [0.5, 0.6) is 0 Å². The fraction of sp³-hybridized carbons (Fsp3) is 0.562. The molecule has 4 nitrogen and oxygen atoms in total. The minimum atomic E-state index is 0.120. The normalized spacial score (nSPS) is 17.4. The number of rotatable bonds is 6. The molecule has 5 heteroatoms. The van der Waals surface area contributed by atoms with Crippen LogP contribution in [-0.2, 0) is 6.42 Å². The first kappa shape index (κ1) is 14.7. The van der Waals surface area contributed by atoms with Crippen molar-refractivity contribution in [1.29, 1.82) is 0 Å². The summed E-state index contributed by atoms with van der Waals surface area (Å²) >= 11 is 5.88. The molecule has 1 aliphatic carbocycles. The zero-order chi connectivity index (χ0) is 14.7. The van der Waals surface area contributed by atoms with Crippen molar-refractivity contribution >= 4 is 11.6 Å². The molecule has 1 N–H and O–H groups in total. The first-order valence-electron chi connectivity index (χ1n) is 7.79. The van der Waals surface area contributed by atoms with Gasteiger partial charge in [0.25, 0.3) is 0 Å². The zero-order valence-electron chi connectivity index (χ0n) is 12.4. The molecule has 0 amide bonds. The number of aromatic nitrogens is 2. The summed E-state index contributed by atoms with van der Waals surface area (Å²) in [6.07, 6.45) is 8.09. The van der Waals surface area contributed by atoms with Gasteiger partial charge in [-0.05, 0) is 49.2 Å². The maximum absolute atomic E-state index is 5.88. The topological polar surface area (TPSA) is 43.0 Å². The predicted octanol–water partition coefficient (Wildman–Crippen LogP) is 4.14. The van der Waals surface area contributed by atoms with Crippen molar-refractivity contribution in [3.05, 3.63) is 41.1 Å². The van der Waals surface area contributed by atoms with Crippen LogP contribution in [0.4, 0.5) is 0 Å². The van der Waals surface area contributed by atoms with Crippen LogP contribution in [0.1, 0.15) is 56.1 Å². The largest absolute Gasteiger partial charge is 0.448 e. The Balaban J connectivity index is 1.70. The molecule has 0 aromatic carbocycles. The average molecular weight is 308 g/mol. The van der Waals surface area contributed by atoms with E-state index in [1.807, 2.05) is 6.07 Å². The lowest BCUT2D eigenvalue weighted by atomic mass is 10.1. The standard InChI is InChI=1S/C16H22ClN3O/c1-2-18-14(15-7-8-16(17)21-15)11-12-9-10-20(19-12)13-5-3-4-6-13/h7-10,13-14,18H,2-6,11H2,1H3. The molecule has 1 saturated carbocycles. The number of halogens is 1. The van der Waals surface area contributed by atoms with Crippen LogP contribution in [0.2, 0.25) is 5.22 Å². The summed E-state index contributed by atoms with van der Waals surface area (Å²) in [5.74, 6) is 0.872. The van der Waals surface area contributed by atoms with Crippen molar-refractivity contribution in [1.82, 2.24) is 15.1 Å². The van der Waals surface area contributed by atoms with Crippen LogP contribution >= 0.6 is 11.6 Å². The van der Waals surface area contributed by atoms with Crippen molar-refractivity contribution in [3.63, 3.8) is 0 Å². The third-order valence-electron chi connectivity index (χ3n) is 4.16. The molecule has 2 aromatic heterocycles. The van der Waals surface area contributed by atoms with Gasteiger partial charge in [-0.3, -0.25) is 4.68 Å². The van der Waals surface area contributed by atoms with Crippen molar-refractivity contribution in [2.45, 2.75) is 51.1 Å². The van der Waals surface area contributed by atoms with Gasteiger partial charge in [0.2, 0.25) is 0 Å². The Kier molecular flexibility index (Phi) is 4.66. The van der Waals surface area contributed by atoms with Gasteiger partial charge in [0.05, 0.1) is 17.8 Å². The molecular weight excluding hydrogens is 286 g/mol. The van der Waals surface area contributed by atoms with Gasteiger partial charge in [-0.2, -0.15) is 5.10 Å². The molecule has 0 radical (unpaired) electrons. The van der Waals surface area contributed by atoms with E-state index in [1.54, 1.807) is 6.07 Å². The minimum absolute atomic E-state index is 0.120. The molecule has 1 aliphatic rings. The van der Waals surface area contributed by atoms with Gasteiger partial charge < -0.3 is 9.73 Å². The lowest BCUT2D eigenvalue weighted by Crippen LogP contribution is -2.22. The van der Waals surface area contributed by atoms with Gasteiger partial charge in [0.15, 0.2) is 5.22 Å². The van der Waals surface area contributed by atoms with Crippen LogP contribution in [0.25, 0.3) is 0 Å². The van der Waals surface area contributed by atoms with E-state index in [9.17, 15) is 0 Å². The Hall–Kier alpha value is -1.26. The van der Waals surface area contributed by atoms with Crippen LogP contribution in [0.3, 0.4) is 0 Å². The molecule has 21 heavy (non-hydrogen) atoms. The Morgan fingerprint density at radius 3 is 2.86 bits per heavy atom. The summed E-state index contributed by atoms with van der Waals surface area (Å²) in [5, 5.41) is 8.62. The third kappa shape index (κ3) is 3.50. The fourth-order valence-electron chi connectivity index (χ4n) is 3.10. The monoisotopic (exact) mass is 307 g/mol. The van der Waals surface area contributed by atoms with Crippen molar-refractivity contribution < 1.29 is 4.42 Å². The Morgan fingerprint density at radius 2 is 2.19 bits per heavy atom. The number of nitrogens with zero attached hydrogens (tertiary/aromatic N) is 2. The molecule has 2 heterocycles. The first-order chi connectivity index (χ1) is 10.3. The summed E-state index contributed by atoms with van der Waals surface area (Å²) in [6, 6.07) is 6.55. The maximum Gasteiger partial charge on any atom is 0.193 e. The lowest BCUT2D eigenvalue weighted by Gasteiger charge is -2.14. The van der Waals surface area contributed by atoms with Gasteiger partial charge in [-0.25, -0.2) is 0 Å². The quantitative estimate of drug-likeness (QED) is 0.872. The highest BCUT2D eigenvalue weighted by Gasteiger charge is 2.20. The highest BCUT2D eigenvalue weighted by molar-refractivity contribution is 6.28. The van der Waals surface area contributed by atoms with E-state index in [0.29, 0.717) is 11.3 Å². The Morgan fingerprint density at radius 1 is 1.38 bits per heavy atom. The molecule has 114 valence electrons. The van der Waals surface area contributed by atoms with E-state index < -0.39 is 0 Å². The second-order valence-electron chi connectivity index (χ2n) is 5.68. The zero-order valence-corrected chi connectivity index (χ0v) is 13.1. The SMILES string of the molecule is CCNC(Cc1ccn(C2CCCC2)n1)c1ccc(Cl)o1.